The first kappa shape index (κ1) is 12.7. The maximum atomic E-state index is 11.9. The summed E-state index contributed by atoms with van der Waals surface area (Å²) >= 11 is 4.22. The third kappa shape index (κ3) is 2.74. The van der Waals surface area contributed by atoms with Crippen LogP contribution >= 0.6 is 27.3 Å². The van der Waals surface area contributed by atoms with Gasteiger partial charge >= 0.3 is 5.97 Å². The zero-order valence-corrected chi connectivity index (χ0v) is 11.3. The average molecular weight is 327 g/mol. The van der Waals surface area contributed by atoms with E-state index in [-0.39, 0.29) is 16.3 Å². The van der Waals surface area contributed by atoms with Crippen LogP contribution in [0.3, 0.4) is 0 Å². The van der Waals surface area contributed by atoms with Gasteiger partial charge in [0.2, 0.25) is 0 Å². The monoisotopic (exact) mass is 326 g/mol. The molecule has 0 spiro atoms. The Hall–Kier alpha value is -1.73. The average Bonchev–Trinajstić information content (AvgIpc) is 2.77. The van der Waals surface area contributed by atoms with Crippen LogP contribution in [-0.4, -0.2) is 22.0 Å². The summed E-state index contributed by atoms with van der Waals surface area (Å²) in [6.45, 7) is 0. The molecule has 7 heteroatoms. The Bertz CT molecular complexity index is 612. The molecule has 0 bridgehead atoms. The van der Waals surface area contributed by atoms with Gasteiger partial charge in [0.15, 0.2) is 0 Å². The standard InChI is InChI=1S/C11H7BrN2O3S/c12-8-3-1-2-7(13-8)10(15)14-6-4-5-18-9(6)11(16)17/h1-5H,(H,14,15)(H,16,17). The molecule has 0 aliphatic rings. The van der Waals surface area contributed by atoms with Crippen LogP contribution < -0.4 is 5.32 Å². The molecule has 0 fully saturated rings. The van der Waals surface area contributed by atoms with Crippen molar-refractivity contribution in [2.75, 3.05) is 5.32 Å². The van der Waals surface area contributed by atoms with Gasteiger partial charge in [-0.2, -0.15) is 0 Å². The van der Waals surface area contributed by atoms with Crippen molar-refractivity contribution in [1.82, 2.24) is 4.98 Å². The maximum Gasteiger partial charge on any atom is 0.348 e. The van der Waals surface area contributed by atoms with Crippen LogP contribution in [-0.2, 0) is 0 Å². The molecule has 0 aliphatic heterocycles. The number of halogens is 1. The van der Waals surface area contributed by atoms with Crippen LogP contribution in [0.25, 0.3) is 0 Å². The molecule has 0 aromatic carbocycles. The van der Waals surface area contributed by atoms with Crippen LogP contribution in [0, 0.1) is 0 Å². The third-order valence-corrected chi connectivity index (χ3v) is 3.40. The Kier molecular flexibility index (Phi) is 3.73. The molecular weight excluding hydrogens is 320 g/mol. The number of carbonyl (C=O) groups excluding carboxylic acids is 1. The van der Waals surface area contributed by atoms with Crippen LogP contribution in [0.15, 0.2) is 34.2 Å². The summed E-state index contributed by atoms with van der Waals surface area (Å²) in [5.41, 5.74) is 0.492. The molecule has 92 valence electrons. The summed E-state index contributed by atoms with van der Waals surface area (Å²) in [5, 5.41) is 13.0. The molecule has 0 atom stereocenters. The lowest BCUT2D eigenvalue weighted by molar-refractivity contribution is 0.0703. The predicted octanol–water partition coefficient (Wildman–Crippen LogP) is 2.86. The van der Waals surface area contributed by atoms with Gasteiger partial charge in [0.25, 0.3) is 5.91 Å². The molecule has 2 rings (SSSR count). The number of anilines is 1. The third-order valence-electron chi connectivity index (χ3n) is 2.06. The number of aromatic carboxylic acids is 1. The molecule has 18 heavy (non-hydrogen) atoms. The van der Waals surface area contributed by atoms with E-state index in [1.165, 1.54) is 0 Å². The van der Waals surface area contributed by atoms with E-state index in [0.29, 0.717) is 4.60 Å². The number of hydrogen-bond acceptors (Lipinski definition) is 4. The van der Waals surface area contributed by atoms with Crippen LogP contribution in [0.1, 0.15) is 20.2 Å². The van der Waals surface area contributed by atoms with E-state index in [2.05, 4.69) is 26.2 Å². The van der Waals surface area contributed by atoms with E-state index < -0.39 is 11.9 Å². The molecule has 0 saturated carbocycles. The highest BCUT2D eigenvalue weighted by Crippen LogP contribution is 2.22. The Morgan fingerprint density at radius 3 is 2.78 bits per heavy atom. The highest BCUT2D eigenvalue weighted by molar-refractivity contribution is 9.10. The quantitative estimate of drug-likeness (QED) is 0.850. The van der Waals surface area contributed by atoms with Crippen molar-refractivity contribution < 1.29 is 14.7 Å². The molecular formula is C11H7BrN2O3S. The summed E-state index contributed by atoms with van der Waals surface area (Å²) in [7, 11) is 0. The minimum Gasteiger partial charge on any atom is -0.477 e. The summed E-state index contributed by atoms with van der Waals surface area (Å²) < 4.78 is 0.541. The Morgan fingerprint density at radius 1 is 1.33 bits per heavy atom. The molecule has 2 aromatic heterocycles. The summed E-state index contributed by atoms with van der Waals surface area (Å²) in [5.74, 6) is -1.51. The van der Waals surface area contributed by atoms with E-state index in [9.17, 15) is 9.59 Å². The van der Waals surface area contributed by atoms with Gasteiger partial charge in [-0.15, -0.1) is 11.3 Å². The van der Waals surface area contributed by atoms with Crippen molar-refractivity contribution in [3.63, 3.8) is 0 Å². The molecule has 0 aliphatic carbocycles. The van der Waals surface area contributed by atoms with Crippen molar-refractivity contribution >= 4 is 44.8 Å². The van der Waals surface area contributed by atoms with Crippen molar-refractivity contribution in [3.05, 3.63) is 44.8 Å². The fourth-order valence-corrected chi connectivity index (χ4v) is 2.33. The van der Waals surface area contributed by atoms with Gasteiger partial charge in [-0.05, 0) is 39.5 Å². The zero-order chi connectivity index (χ0) is 13.1. The molecule has 2 heterocycles. The van der Waals surface area contributed by atoms with E-state index in [0.717, 1.165) is 11.3 Å². The number of carboxylic acids is 1. The maximum absolute atomic E-state index is 11.9. The number of carboxylic acid groups (broad SMARTS) is 1. The first-order chi connectivity index (χ1) is 8.58. The van der Waals surface area contributed by atoms with Gasteiger partial charge in [0, 0.05) is 0 Å². The van der Waals surface area contributed by atoms with Gasteiger partial charge in [-0.3, -0.25) is 4.79 Å². The summed E-state index contributed by atoms with van der Waals surface area (Å²) in [4.78, 5) is 26.8. The Morgan fingerprint density at radius 2 is 2.11 bits per heavy atom. The van der Waals surface area contributed by atoms with Gasteiger partial charge in [0.1, 0.15) is 15.2 Å². The van der Waals surface area contributed by atoms with Crippen molar-refractivity contribution in [2.45, 2.75) is 0 Å². The highest BCUT2D eigenvalue weighted by Gasteiger charge is 2.15. The SMILES string of the molecule is O=C(Nc1ccsc1C(=O)O)c1cccc(Br)n1. The lowest BCUT2D eigenvalue weighted by Gasteiger charge is -2.04. The fraction of sp³-hybridized carbons (Fsp3) is 0. The molecule has 1 amide bonds. The number of rotatable bonds is 3. The van der Waals surface area contributed by atoms with Crippen LogP contribution in [0.5, 0.6) is 0 Å². The molecule has 0 unspecified atom stereocenters. The lowest BCUT2D eigenvalue weighted by atomic mass is 10.3. The first-order valence-corrected chi connectivity index (χ1v) is 6.50. The molecule has 0 saturated heterocycles. The normalized spacial score (nSPS) is 10.1. The molecule has 2 aromatic rings. The number of thiophene rings is 1. The number of nitrogens with one attached hydrogen (secondary N) is 1. The number of pyridine rings is 1. The number of aromatic nitrogens is 1. The van der Waals surface area contributed by atoms with Crippen LogP contribution in [0.4, 0.5) is 5.69 Å². The van der Waals surface area contributed by atoms with E-state index in [1.807, 2.05) is 0 Å². The number of hydrogen-bond donors (Lipinski definition) is 2. The minimum atomic E-state index is -1.07. The first-order valence-electron chi connectivity index (χ1n) is 4.82. The largest absolute Gasteiger partial charge is 0.477 e. The van der Waals surface area contributed by atoms with Crippen molar-refractivity contribution in [3.8, 4) is 0 Å². The Labute approximate surface area is 115 Å². The summed E-state index contributed by atoms with van der Waals surface area (Å²) in [6.07, 6.45) is 0. The molecule has 0 radical (unpaired) electrons. The lowest BCUT2D eigenvalue weighted by Crippen LogP contribution is -2.14. The summed E-state index contributed by atoms with van der Waals surface area (Å²) in [6, 6.07) is 6.47. The second-order valence-electron chi connectivity index (χ2n) is 3.27. The number of amides is 1. The van der Waals surface area contributed by atoms with E-state index >= 15 is 0 Å². The van der Waals surface area contributed by atoms with Gasteiger partial charge in [-0.25, -0.2) is 9.78 Å². The number of carbonyl (C=O) groups is 2. The Balaban J connectivity index is 2.21. The van der Waals surface area contributed by atoms with Gasteiger partial charge in [0.05, 0.1) is 5.69 Å². The topological polar surface area (TPSA) is 79.3 Å². The van der Waals surface area contributed by atoms with Crippen LogP contribution in [0.2, 0.25) is 0 Å². The van der Waals surface area contributed by atoms with E-state index in [1.54, 1.807) is 29.6 Å². The smallest absolute Gasteiger partial charge is 0.348 e. The van der Waals surface area contributed by atoms with Crippen molar-refractivity contribution in [2.24, 2.45) is 0 Å². The number of nitrogens with zero attached hydrogens (tertiary/aromatic N) is 1. The van der Waals surface area contributed by atoms with E-state index in [4.69, 9.17) is 5.11 Å². The fourth-order valence-electron chi connectivity index (χ4n) is 1.29. The van der Waals surface area contributed by atoms with Gasteiger partial charge < -0.3 is 10.4 Å². The second-order valence-corrected chi connectivity index (χ2v) is 5.00. The van der Waals surface area contributed by atoms with Crippen molar-refractivity contribution in [1.29, 1.82) is 0 Å². The predicted molar refractivity (Wildman–Crippen MR) is 71.2 cm³/mol. The van der Waals surface area contributed by atoms with Gasteiger partial charge in [-0.1, -0.05) is 6.07 Å². The second kappa shape index (κ2) is 5.28. The highest BCUT2D eigenvalue weighted by atomic mass is 79.9. The zero-order valence-electron chi connectivity index (χ0n) is 8.88. The minimum absolute atomic E-state index is 0.0957. The molecule has 2 N–H and O–H groups in total. The molecule has 5 nitrogen and oxygen atoms in total.